The average molecular weight is 278 g/mol. The number of hydrogen-bond acceptors (Lipinski definition) is 3. The molecule has 0 aliphatic heterocycles. The molecule has 0 amide bonds. The molecule has 0 saturated heterocycles. The number of aromatic nitrogens is 3. The molecular formula is C14H16ClN3O. The van der Waals surface area contributed by atoms with E-state index in [4.69, 9.17) is 11.6 Å². The molecule has 2 heterocycles. The Balaban J connectivity index is 2.41. The summed E-state index contributed by atoms with van der Waals surface area (Å²) in [5, 5.41) is 4.83. The van der Waals surface area contributed by atoms with Crippen LogP contribution in [0.25, 0.3) is 5.82 Å². The summed E-state index contributed by atoms with van der Waals surface area (Å²) < 4.78 is 1.64. The van der Waals surface area contributed by atoms with Crippen molar-refractivity contribution in [2.24, 2.45) is 5.92 Å². The number of hydrogen-bond donors (Lipinski definition) is 0. The Hall–Kier alpha value is -1.68. The van der Waals surface area contributed by atoms with Crippen molar-refractivity contribution in [3.05, 3.63) is 40.8 Å². The second-order valence-electron chi connectivity index (χ2n) is 4.56. The Morgan fingerprint density at radius 1 is 1.53 bits per heavy atom. The zero-order chi connectivity index (χ0) is 14.0. The van der Waals surface area contributed by atoms with E-state index in [9.17, 15) is 4.79 Å². The van der Waals surface area contributed by atoms with E-state index in [1.165, 1.54) is 0 Å². The minimum atomic E-state index is 0.00340. The van der Waals surface area contributed by atoms with Gasteiger partial charge in [0, 0.05) is 23.2 Å². The first-order valence-corrected chi connectivity index (χ1v) is 6.63. The van der Waals surface area contributed by atoms with Crippen LogP contribution in [0.1, 0.15) is 36.3 Å². The fourth-order valence-electron chi connectivity index (χ4n) is 1.84. The summed E-state index contributed by atoms with van der Waals surface area (Å²) >= 11 is 5.94. The topological polar surface area (TPSA) is 47.8 Å². The summed E-state index contributed by atoms with van der Waals surface area (Å²) in [5.74, 6) is 0.741. The lowest BCUT2D eigenvalue weighted by molar-refractivity contribution is 0.0926. The third-order valence-corrected chi connectivity index (χ3v) is 3.49. The maximum Gasteiger partial charge on any atom is 0.169 e. The average Bonchev–Trinajstić information content (AvgIpc) is 2.78. The maximum atomic E-state index is 12.2. The van der Waals surface area contributed by atoms with E-state index in [2.05, 4.69) is 10.1 Å². The van der Waals surface area contributed by atoms with Gasteiger partial charge in [-0.3, -0.25) is 4.79 Å². The molecule has 0 radical (unpaired) electrons. The van der Waals surface area contributed by atoms with E-state index in [1.807, 2.05) is 20.8 Å². The second-order valence-corrected chi connectivity index (χ2v) is 5.00. The van der Waals surface area contributed by atoms with Crippen LogP contribution in [0.2, 0.25) is 5.02 Å². The van der Waals surface area contributed by atoms with Crippen LogP contribution < -0.4 is 0 Å². The van der Waals surface area contributed by atoms with Crippen LogP contribution in [-0.2, 0) is 0 Å². The van der Waals surface area contributed by atoms with Crippen LogP contribution in [0.15, 0.2) is 24.5 Å². The highest BCUT2D eigenvalue weighted by molar-refractivity contribution is 6.30. The van der Waals surface area contributed by atoms with Crippen molar-refractivity contribution in [2.75, 3.05) is 0 Å². The highest BCUT2D eigenvalue weighted by Gasteiger charge is 2.19. The number of carbonyl (C=O) groups is 1. The van der Waals surface area contributed by atoms with Gasteiger partial charge in [0.15, 0.2) is 11.6 Å². The first kappa shape index (κ1) is 13.7. The van der Waals surface area contributed by atoms with Gasteiger partial charge in [0.05, 0.1) is 17.5 Å². The molecule has 0 saturated carbocycles. The second kappa shape index (κ2) is 5.53. The summed E-state index contributed by atoms with van der Waals surface area (Å²) in [6.07, 6.45) is 4.04. The highest BCUT2D eigenvalue weighted by atomic mass is 35.5. The molecule has 4 nitrogen and oxygen atoms in total. The van der Waals surface area contributed by atoms with Gasteiger partial charge < -0.3 is 0 Å². The predicted molar refractivity (Wildman–Crippen MR) is 74.9 cm³/mol. The van der Waals surface area contributed by atoms with Gasteiger partial charge in [-0.05, 0) is 19.4 Å². The molecule has 0 N–H and O–H groups in total. The zero-order valence-corrected chi connectivity index (χ0v) is 12.0. The number of Topliss-reactive ketones (excluding diaryl/α,β-unsaturated/α-hetero) is 1. The molecule has 0 fully saturated rings. The first-order chi connectivity index (χ1) is 9.04. The minimum Gasteiger partial charge on any atom is -0.294 e. The highest BCUT2D eigenvalue weighted by Crippen LogP contribution is 2.19. The summed E-state index contributed by atoms with van der Waals surface area (Å²) in [4.78, 5) is 16.4. The molecule has 100 valence electrons. The van der Waals surface area contributed by atoms with Gasteiger partial charge in [-0.15, -0.1) is 0 Å². The minimum absolute atomic E-state index is 0.00340. The van der Waals surface area contributed by atoms with Crippen LogP contribution in [0, 0.1) is 12.8 Å². The largest absolute Gasteiger partial charge is 0.294 e. The van der Waals surface area contributed by atoms with Crippen molar-refractivity contribution in [3.63, 3.8) is 0 Å². The monoisotopic (exact) mass is 277 g/mol. The predicted octanol–water partition coefficient (Wildman–Crippen LogP) is 3.46. The van der Waals surface area contributed by atoms with Crippen molar-refractivity contribution in [1.82, 2.24) is 14.8 Å². The Morgan fingerprint density at radius 3 is 2.89 bits per heavy atom. The Kier molecular flexibility index (Phi) is 4.00. The lowest BCUT2D eigenvalue weighted by Gasteiger charge is -2.07. The van der Waals surface area contributed by atoms with Crippen LogP contribution in [-0.4, -0.2) is 20.5 Å². The van der Waals surface area contributed by atoms with E-state index in [0.717, 1.165) is 12.1 Å². The molecule has 0 aliphatic carbocycles. The van der Waals surface area contributed by atoms with E-state index < -0.39 is 0 Å². The van der Waals surface area contributed by atoms with Crippen molar-refractivity contribution in [2.45, 2.75) is 27.2 Å². The van der Waals surface area contributed by atoms with E-state index in [0.29, 0.717) is 16.4 Å². The molecule has 1 atom stereocenters. The molecule has 0 bridgehead atoms. The number of ketones is 1. The fraction of sp³-hybridized carbons (Fsp3) is 0.357. The van der Waals surface area contributed by atoms with Gasteiger partial charge in [0.25, 0.3) is 0 Å². The molecule has 2 aromatic heterocycles. The number of rotatable bonds is 4. The molecule has 0 aromatic carbocycles. The molecule has 5 heteroatoms. The van der Waals surface area contributed by atoms with Crippen molar-refractivity contribution >= 4 is 17.4 Å². The smallest absolute Gasteiger partial charge is 0.169 e. The Morgan fingerprint density at radius 2 is 2.26 bits per heavy atom. The molecule has 2 rings (SSSR count). The van der Waals surface area contributed by atoms with Crippen molar-refractivity contribution in [3.8, 4) is 5.82 Å². The van der Waals surface area contributed by atoms with Gasteiger partial charge in [-0.25, -0.2) is 9.67 Å². The SMILES string of the molecule is CCC(C)C(=O)c1cnn(-c2cc(Cl)ccn2)c1C. The van der Waals surface area contributed by atoms with Gasteiger partial charge in [0.2, 0.25) is 0 Å². The third kappa shape index (κ3) is 2.68. The fourth-order valence-corrected chi connectivity index (χ4v) is 2.00. The summed E-state index contributed by atoms with van der Waals surface area (Å²) in [7, 11) is 0. The Labute approximate surface area is 117 Å². The van der Waals surface area contributed by atoms with E-state index in [-0.39, 0.29) is 11.7 Å². The maximum absolute atomic E-state index is 12.2. The normalized spacial score (nSPS) is 12.4. The van der Waals surface area contributed by atoms with Crippen LogP contribution in [0.4, 0.5) is 0 Å². The van der Waals surface area contributed by atoms with Gasteiger partial charge in [-0.1, -0.05) is 25.4 Å². The van der Waals surface area contributed by atoms with E-state index in [1.54, 1.807) is 29.2 Å². The van der Waals surface area contributed by atoms with Gasteiger partial charge in [0.1, 0.15) is 0 Å². The zero-order valence-electron chi connectivity index (χ0n) is 11.2. The summed E-state index contributed by atoms with van der Waals surface area (Å²) in [5.41, 5.74) is 1.44. The van der Waals surface area contributed by atoms with Crippen molar-refractivity contribution < 1.29 is 4.79 Å². The van der Waals surface area contributed by atoms with Gasteiger partial charge in [-0.2, -0.15) is 5.10 Å². The van der Waals surface area contributed by atoms with Gasteiger partial charge >= 0.3 is 0 Å². The summed E-state index contributed by atoms with van der Waals surface area (Å²) in [6.45, 7) is 5.79. The van der Waals surface area contributed by atoms with Crippen LogP contribution in [0.3, 0.4) is 0 Å². The number of pyridine rings is 1. The molecular weight excluding hydrogens is 262 g/mol. The van der Waals surface area contributed by atoms with Crippen LogP contribution >= 0.6 is 11.6 Å². The lowest BCUT2D eigenvalue weighted by Crippen LogP contribution is -2.11. The van der Waals surface area contributed by atoms with E-state index >= 15 is 0 Å². The number of halogens is 1. The molecule has 1 unspecified atom stereocenters. The number of carbonyl (C=O) groups excluding carboxylic acids is 1. The number of nitrogens with zero attached hydrogens (tertiary/aromatic N) is 3. The standard InChI is InChI=1S/C14H16ClN3O/c1-4-9(2)14(19)12-8-17-18(10(12)3)13-7-11(15)5-6-16-13/h5-9H,4H2,1-3H3. The summed E-state index contributed by atoms with van der Waals surface area (Å²) in [6, 6.07) is 3.42. The molecule has 0 spiro atoms. The molecule has 19 heavy (non-hydrogen) atoms. The quantitative estimate of drug-likeness (QED) is 0.804. The lowest BCUT2D eigenvalue weighted by atomic mass is 9.98. The van der Waals surface area contributed by atoms with Crippen LogP contribution in [0.5, 0.6) is 0 Å². The molecule has 2 aromatic rings. The third-order valence-electron chi connectivity index (χ3n) is 3.26. The molecule has 0 aliphatic rings. The van der Waals surface area contributed by atoms with Crippen molar-refractivity contribution in [1.29, 1.82) is 0 Å². The Bertz CT molecular complexity index is 606. The first-order valence-electron chi connectivity index (χ1n) is 6.25.